The van der Waals surface area contributed by atoms with Gasteiger partial charge in [0.1, 0.15) is 24.2 Å². The zero-order valence-electron chi connectivity index (χ0n) is 27.8. The quantitative estimate of drug-likeness (QED) is 0.380. The molecule has 0 unspecified atom stereocenters. The van der Waals surface area contributed by atoms with Gasteiger partial charge in [-0.15, -0.1) is 0 Å². The van der Waals surface area contributed by atoms with Crippen LogP contribution < -0.4 is 15.5 Å². The maximum absolute atomic E-state index is 13.7. The molecule has 2 amide bonds. The average Bonchev–Trinajstić information content (AvgIpc) is 3.74. The highest BCUT2D eigenvalue weighted by Gasteiger charge is 2.52. The molecule has 0 saturated carbocycles. The smallest absolute Gasteiger partial charge is 0.488 e. The molecule has 2 saturated heterocycles. The third-order valence-corrected chi connectivity index (χ3v) is 10.5. The van der Waals surface area contributed by atoms with E-state index in [1.54, 1.807) is 0 Å². The van der Waals surface area contributed by atoms with E-state index in [1.165, 1.54) is 18.2 Å². The molecule has 0 bridgehead atoms. The van der Waals surface area contributed by atoms with Gasteiger partial charge >= 0.3 is 13.2 Å². The molecular formula is C35H43BN4O6. The minimum Gasteiger partial charge on any atom is -0.488 e. The first-order valence-corrected chi connectivity index (χ1v) is 16.4. The number of carbonyl (C=O) groups excluding carboxylic acids is 2. The number of nitrogens with one attached hydrogen (secondary N) is 2. The predicted molar refractivity (Wildman–Crippen MR) is 175 cm³/mol. The number of benzene rings is 2. The van der Waals surface area contributed by atoms with Gasteiger partial charge in [0.15, 0.2) is 0 Å². The first-order valence-electron chi connectivity index (χ1n) is 16.4. The van der Waals surface area contributed by atoms with Crippen molar-refractivity contribution in [3.63, 3.8) is 0 Å². The van der Waals surface area contributed by atoms with Gasteiger partial charge in [0.05, 0.1) is 30.0 Å². The second-order valence-electron chi connectivity index (χ2n) is 14.3. The number of amides is 2. The number of hydrogen-bond acceptors (Lipinski definition) is 7. The summed E-state index contributed by atoms with van der Waals surface area (Å²) in [4.78, 5) is 36.2. The summed E-state index contributed by atoms with van der Waals surface area (Å²) >= 11 is 0. The van der Waals surface area contributed by atoms with Crippen molar-refractivity contribution in [1.29, 1.82) is 0 Å². The van der Waals surface area contributed by atoms with Crippen LogP contribution in [-0.2, 0) is 38.3 Å². The van der Waals surface area contributed by atoms with Crippen LogP contribution >= 0.6 is 0 Å². The molecule has 4 heterocycles. The van der Waals surface area contributed by atoms with E-state index in [1.807, 2.05) is 18.7 Å². The van der Waals surface area contributed by atoms with Crippen LogP contribution in [0.3, 0.4) is 0 Å². The summed E-state index contributed by atoms with van der Waals surface area (Å²) in [5.41, 5.74) is 7.82. The number of imidazole rings is 1. The zero-order valence-corrected chi connectivity index (χ0v) is 27.8. The molecule has 2 atom stereocenters. The minimum atomic E-state index is -0.669. The largest absolute Gasteiger partial charge is 0.494 e. The monoisotopic (exact) mass is 626 g/mol. The van der Waals surface area contributed by atoms with Crippen molar-refractivity contribution in [3.8, 4) is 28.1 Å². The number of fused-ring (bicyclic) bond motifs is 7. The lowest BCUT2D eigenvalue weighted by molar-refractivity contribution is -0.135. The predicted octanol–water partition coefficient (Wildman–Crippen LogP) is 5.08. The van der Waals surface area contributed by atoms with Crippen LogP contribution in [0.15, 0.2) is 30.3 Å². The van der Waals surface area contributed by atoms with E-state index in [9.17, 15) is 9.59 Å². The summed E-state index contributed by atoms with van der Waals surface area (Å²) < 4.78 is 23.9. The van der Waals surface area contributed by atoms with E-state index < -0.39 is 30.5 Å². The van der Waals surface area contributed by atoms with E-state index >= 15 is 0 Å². The summed E-state index contributed by atoms with van der Waals surface area (Å²) in [5.74, 6) is 1.52. The molecule has 2 N–H and O–H groups in total. The molecule has 2 aromatic carbocycles. The number of hydrogen-bond donors (Lipinski definition) is 2. The molecule has 4 aliphatic rings. The number of methoxy groups -OCH3 is 1. The molecule has 1 aliphatic carbocycles. The highest BCUT2D eigenvalue weighted by molar-refractivity contribution is 6.62. The van der Waals surface area contributed by atoms with Crippen molar-refractivity contribution in [2.24, 2.45) is 5.92 Å². The Labute approximate surface area is 270 Å². The van der Waals surface area contributed by atoms with Gasteiger partial charge < -0.3 is 34.0 Å². The van der Waals surface area contributed by atoms with Crippen LogP contribution in [0.1, 0.15) is 83.1 Å². The molecule has 46 heavy (non-hydrogen) atoms. The summed E-state index contributed by atoms with van der Waals surface area (Å²) in [5, 5.41) is 2.73. The Hall–Kier alpha value is -3.83. The van der Waals surface area contributed by atoms with Gasteiger partial charge in [-0.05, 0) is 82.0 Å². The summed E-state index contributed by atoms with van der Waals surface area (Å²) in [6.07, 6.45) is 2.72. The molecule has 242 valence electrons. The number of ether oxygens (including phenoxy) is 2. The van der Waals surface area contributed by atoms with Crippen molar-refractivity contribution in [2.45, 2.75) is 97.1 Å². The lowest BCUT2D eigenvalue weighted by Crippen LogP contribution is -2.51. The number of nitrogens with zero attached hydrogens (tertiary/aromatic N) is 2. The first-order chi connectivity index (χ1) is 21.9. The fourth-order valence-electron chi connectivity index (χ4n) is 7.18. The minimum absolute atomic E-state index is 0.0869. The molecule has 0 radical (unpaired) electrons. The zero-order chi connectivity index (χ0) is 32.5. The molecule has 7 rings (SSSR count). The van der Waals surface area contributed by atoms with E-state index in [0.717, 1.165) is 70.8 Å². The maximum atomic E-state index is 13.7. The maximum Gasteiger partial charge on any atom is 0.494 e. The molecule has 2 fully saturated rings. The molecule has 3 aliphatic heterocycles. The average molecular weight is 627 g/mol. The summed E-state index contributed by atoms with van der Waals surface area (Å²) in [6, 6.07) is 9.86. The lowest BCUT2D eigenvalue weighted by Gasteiger charge is -2.32. The normalized spacial score (nSPS) is 21.2. The van der Waals surface area contributed by atoms with Crippen molar-refractivity contribution in [1.82, 2.24) is 20.2 Å². The van der Waals surface area contributed by atoms with Crippen molar-refractivity contribution < 1.29 is 28.4 Å². The highest BCUT2D eigenvalue weighted by Crippen LogP contribution is 2.47. The molecule has 10 nitrogen and oxygen atoms in total. The van der Waals surface area contributed by atoms with Gasteiger partial charge in [-0.1, -0.05) is 38.1 Å². The summed E-state index contributed by atoms with van der Waals surface area (Å²) in [6.45, 7) is 13.2. The van der Waals surface area contributed by atoms with E-state index in [-0.39, 0.29) is 17.9 Å². The van der Waals surface area contributed by atoms with E-state index in [2.05, 4.69) is 68.3 Å². The molecule has 11 heteroatoms. The second kappa shape index (κ2) is 11.2. The Bertz CT molecular complexity index is 1700. The third-order valence-electron chi connectivity index (χ3n) is 10.5. The third kappa shape index (κ3) is 4.99. The first kappa shape index (κ1) is 30.8. The van der Waals surface area contributed by atoms with Crippen molar-refractivity contribution in [2.75, 3.05) is 13.7 Å². The van der Waals surface area contributed by atoms with E-state index in [4.69, 9.17) is 23.8 Å². The molecule has 3 aromatic rings. The van der Waals surface area contributed by atoms with Crippen LogP contribution in [0.25, 0.3) is 22.4 Å². The van der Waals surface area contributed by atoms with Crippen molar-refractivity contribution >= 4 is 24.6 Å². The number of H-pyrrole nitrogens is 1. The number of alkyl carbamates (subject to hydrolysis) is 1. The van der Waals surface area contributed by atoms with Gasteiger partial charge in [-0.3, -0.25) is 4.79 Å². The van der Waals surface area contributed by atoms with Crippen LogP contribution in [0, 0.1) is 5.92 Å². The molecular weight excluding hydrogens is 583 g/mol. The Morgan fingerprint density at radius 3 is 2.50 bits per heavy atom. The Morgan fingerprint density at radius 1 is 1.07 bits per heavy atom. The summed E-state index contributed by atoms with van der Waals surface area (Å²) in [7, 11) is 0.889. The highest BCUT2D eigenvalue weighted by atomic mass is 16.7. The fourth-order valence-corrected chi connectivity index (χ4v) is 7.18. The Kier molecular flexibility index (Phi) is 7.47. The van der Waals surface area contributed by atoms with Gasteiger partial charge in [-0.25, -0.2) is 9.78 Å². The second-order valence-corrected chi connectivity index (χ2v) is 14.3. The number of aromatic amines is 1. The van der Waals surface area contributed by atoms with Gasteiger partial charge in [0.2, 0.25) is 5.91 Å². The number of rotatable bonds is 5. The Morgan fingerprint density at radius 2 is 1.78 bits per heavy atom. The molecule has 0 spiro atoms. The molecule has 1 aromatic heterocycles. The Balaban J connectivity index is 1.16. The number of aryl methyl sites for hydroxylation is 1. The van der Waals surface area contributed by atoms with Gasteiger partial charge in [0.25, 0.3) is 0 Å². The SMILES string of the molecule is COC(=O)N[C@H](C(=O)N1CCC[C@H]1c1nc2c([nH]1)CCc1c-2ccc2c1OCc1cc(B3OC(C)(C)C(C)(C)O3)ccc1-2)C(C)C. The van der Waals surface area contributed by atoms with Crippen molar-refractivity contribution in [3.05, 3.63) is 53.0 Å². The number of likely N-dealkylation sites (tertiary alicyclic amines) is 1. The van der Waals surface area contributed by atoms with Gasteiger partial charge in [-0.2, -0.15) is 0 Å². The van der Waals surface area contributed by atoms with Crippen LogP contribution in [0.4, 0.5) is 4.79 Å². The van der Waals surface area contributed by atoms with Crippen LogP contribution in [-0.4, -0.2) is 64.9 Å². The lowest BCUT2D eigenvalue weighted by atomic mass is 9.76. The standard InChI is InChI=1S/C35H43BN4O6/c1-19(2)28(39-33(42)43-7)32(41)40-16-8-9-27(40)31-37-26-15-14-25-23(29(26)38-31)12-13-24-22-11-10-21(17-20(22)18-44-30(24)25)36-45-34(3,4)35(5,6)46-36/h10-13,17,19,27-28H,8-9,14-16,18H2,1-7H3,(H,37,38)(H,39,42)/t27-,28-/m0/s1. The van der Waals surface area contributed by atoms with Gasteiger partial charge in [0, 0.05) is 28.9 Å². The van der Waals surface area contributed by atoms with E-state index in [0.29, 0.717) is 13.2 Å². The van der Waals surface area contributed by atoms with Crippen LogP contribution in [0.5, 0.6) is 5.75 Å². The fraction of sp³-hybridized carbons (Fsp3) is 0.514. The topological polar surface area (TPSA) is 115 Å². The number of carbonyl (C=O) groups is 2. The van der Waals surface area contributed by atoms with Crippen LogP contribution in [0.2, 0.25) is 0 Å². The number of aromatic nitrogens is 2.